The van der Waals surface area contributed by atoms with Gasteiger partial charge in [0.15, 0.2) is 0 Å². The van der Waals surface area contributed by atoms with Gasteiger partial charge < -0.3 is 14.8 Å². The maximum atomic E-state index is 11.5. The van der Waals surface area contributed by atoms with Crippen LogP contribution < -0.4 is 14.8 Å². The van der Waals surface area contributed by atoms with Crippen molar-refractivity contribution in [3.05, 3.63) is 89.5 Å². The molecule has 3 aromatic rings. The molecule has 1 aliphatic heterocycles. The number of benzene rings is 3. The molecule has 0 aliphatic carbocycles. The van der Waals surface area contributed by atoms with Gasteiger partial charge in [0.1, 0.15) is 11.5 Å². The molecule has 0 radical (unpaired) electrons. The molecule has 0 bridgehead atoms. The second-order valence-corrected chi connectivity index (χ2v) is 8.67. The van der Waals surface area contributed by atoms with Crippen LogP contribution in [0, 0.1) is 0 Å². The lowest BCUT2D eigenvalue weighted by Gasteiger charge is -2.44. The number of ether oxygens (including phenoxy) is 2. The average molecular weight is 460 g/mol. The molecule has 0 unspecified atom stereocenters. The van der Waals surface area contributed by atoms with Crippen LogP contribution >= 0.6 is 0 Å². The number of rotatable bonds is 8. The molecular formula is C28H33N3O3. The van der Waals surface area contributed by atoms with Crippen LogP contribution in [0.25, 0.3) is 0 Å². The van der Waals surface area contributed by atoms with Crippen LogP contribution in [0.5, 0.6) is 11.5 Å². The number of nitrogens with one attached hydrogen (secondary N) is 1. The van der Waals surface area contributed by atoms with Crippen LogP contribution in [-0.4, -0.2) is 43.0 Å². The smallest absolute Gasteiger partial charge is 0.221 e. The van der Waals surface area contributed by atoms with E-state index in [0.717, 1.165) is 49.8 Å². The number of carbonyl (C=O) groups excluding carboxylic acids is 1. The summed E-state index contributed by atoms with van der Waals surface area (Å²) in [5.74, 6) is 1.68. The third-order valence-electron chi connectivity index (χ3n) is 6.20. The number of amides is 1. The molecule has 1 N–H and O–H groups in total. The summed E-state index contributed by atoms with van der Waals surface area (Å²) in [6.07, 6.45) is 1.23. The Morgan fingerprint density at radius 1 is 0.794 bits per heavy atom. The van der Waals surface area contributed by atoms with Gasteiger partial charge in [0.2, 0.25) is 5.91 Å². The van der Waals surface area contributed by atoms with Crippen molar-refractivity contribution in [3.8, 4) is 11.5 Å². The topological polar surface area (TPSA) is 54.0 Å². The third-order valence-corrected chi connectivity index (χ3v) is 6.20. The van der Waals surface area contributed by atoms with E-state index in [1.807, 2.05) is 36.4 Å². The lowest BCUT2D eigenvalue weighted by Crippen LogP contribution is -2.46. The first-order chi connectivity index (χ1) is 16.6. The summed E-state index contributed by atoms with van der Waals surface area (Å²) < 4.78 is 10.7. The SMILES string of the molecule is COc1ccc(CN2CCCN(Cc3ccc(OC)cc3)C2c2ccc(NC(C)=O)cc2)cc1. The van der Waals surface area contributed by atoms with Gasteiger partial charge in [-0.25, -0.2) is 0 Å². The quantitative estimate of drug-likeness (QED) is 0.510. The minimum Gasteiger partial charge on any atom is -0.497 e. The Bertz CT molecular complexity index is 1010. The summed E-state index contributed by atoms with van der Waals surface area (Å²) in [6, 6.07) is 24.9. The highest BCUT2D eigenvalue weighted by Gasteiger charge is 2.30. The second-order valence-electron chi connectivity index (χ2n) is 8.67. The van der Waals surface area contributed by atoms with Crippen molar-refractivity contribution in [2.45, 2.75) is 32.6 Å². The normalized spacial score (nSPS) is 15.1. The second kappa shape index (κ2) is 11.2. The molecule has 1 saturated heterocycles. The molecule has 6 heteroatoms. The van der Waals surface area contributed by atoms with Gasteiger partial charge in [-0.05, 0) is 59.5 Å². The first kappa shape index (κ1) is 23.8. The Balaban J connectivity index is 1.60. The molecule has 0 saturated carbocycles. The highest BCUT2D eigenvalue weighted by atomic mass is 16.5. The molecule has 1 amide bonds. The molecule has 3 aromatic carbocycles. The maximum Gasteiger partial charge on any atom is 0.221 e. The van der Waals surface area contributed by atoms with E-state index >= 15 is 0 Å². The van der Waals surface area contributed by atoms with Crippen molar-refractivity contribution in [1.82, 2.24) is 9.80 Å². The van der Waals surface area contributed by atoms with Crippen molar-refractivity contribution < 1.29 is 14.3 Å². The van der Waals surface area contributed by atoms with E-state index in [-0.39, 0.29) is 12.1 Å². The van der Waals surface area contributed by atoms with Crippen molar-refractivity contribution in [1.29, 1.82) is 0 Å². The van der Waals surface area contributed by atoms with E-state index in [2.05, 4.69) is 51.5 Å². The fraction of sp³-hybridized carbons (Fsp3) is 0.321. The van der Waals surface area contributed by atoms with Gasteiger partial charge in [-0.2, -0.15) is 0 Å². The standard InChI is InChI=1S/C28H33N3O3/c1-21(32)29-25-11-9-24(10-12-25)28-30(19-22-5-13-26(33-2)14-6-22)17-4-18-31(28)20-23-7-15-27(34-3)16-8-23/h5-16,28H,4,17-20H2,1-3H3,(H,29,32). The maximum absolute atomic E-state index is 11.5. The summed E-state index contributed by atoms with van der Waals surface area (Å²) in [5.41, 5.74) is 4.55. The summed E-state index contributed by atoms with van der Waals surface area (Å²) in [4.78, 5) is 16.5. The molecule has 0 spiro atoms. The fourth-order valence-corrected chi connectivity index (χ4v) is 4.58. The van der Waals surface area contributed by atoms with Crippen LogP contribution in [0.2, 0.25) is 0 Å². The highest BCUT2D eigenvalue weighted by molar-refractivity contribution is 5.88. The van der Waals surface area contributed by atoms with Gasteiger partial charge in [0, 0.05) is 38.8 Å². The van der Waals surface area contributed by atoms with Crippen molar-refractivity contribution >= 4 is 11.6 Å². The van der Waals surface area contributed by atoms with Crippen LogP contribution in [0.4, 0.5) is 5.69 Å². The number of methoxy groups -OCH3 is 2. The predicted molar refractivity (Wildman–Crippen MR) is 135 cm³/mol. The van der Waals surface area contributed by atoms with Crippen molar-refractivity contribution in [3.63, 3.8) is 0 Å². The lowest BCUT2D eigenvalue weighted by molar-refractivity contribution is -0.114. The Labute approximate surface area is 202 Å². The van der Waals surface area contributed by atoms with Gasteiger partial charge in [-0.15, -0.1) is 0 Å². The van der Waals surface area contributed by atoms with Crippen molar-refractivity contribution in [2.75, 3.05) is 32.6 Å². The minimum atomic E-state index is -0.0623. The Hall–Kier alpha value is -3.35. The molecule has 1 heterocycles. The van der Waals surface area contributed by atoms with E-state index in [4.69, 9.17) is 9.47 Å². The summed E-state index contributed by atoms with van der Waals surface area (Å²) in [7, 11) is 3.38. The molecule has 6 nitrogen and oxygen atoms in total. The Morgan fingerprint density at radius 3 is 1.68 bits per heavy atom. The molecular weight excluding hydrogens is 426 g/mol. The molecule has 0 atom stereocenters. The van der Waals surface area contributed by atoms with Gasteiger partial charge in [0.25, 0.3) is 0 Å². The minimum absolute atomic E-state index is 0.0623. The first-order valence-electron chi connectivity index (χ1n) is 11.7. The number of nitrogens with zero attached hydrogens (tertiary/aromatic N) is 2. The molecule has 0 aromatic heterocycles. The Kier molecular flexibility index (Phi) is 7.83. The zero-order valence-corrected chi connectivity index (χ0v) is 20.2. The van der Waals surface area contributed by atoms with Gasteiger partial charge >= 0.3 is 0 Å². The number of hydrogen-bond donors (Lipinski definition) is 1. The van der Waals surface area contributed by atoms with Crippen LogP contribution in [0.3, 0.4) is 0 Å². The van der Waals surface area contributed by atoms with Gasteiger partial charge in [0.05, 0.1) is 20.4 Å². The summed E-state index contributed by atoms with van der Waals surface area (Å²) in [5, 5.41) is 2.87. The monoisotopic (exact) mass is 459 g/mol. The van der Waals surface area contributed by atoms with Gasteiger partial charge in [-0.3, -0.25) is 14.6 Å². The molecule has 34 heavy (non-hydrogen) atoms. The third kappa shape index (κ3) is 5.95. The molecule has 1 fully saturated rings. The summed E-state index contributed by atoms with van der Waals surface area (Å²) in [6.45, 7) is 5.26. The lowest BCUT2D eigenvalue weighted by atomic mass is 10.0. The van der Waals surface area contributed by atoms with Crippen molar-refractivity contribution in [2.24, 2.45) is 0 Å². The van der Waals surface area contributed by atoms with E-state index < -0.39 is 0 Å². The van der Waals surface area contributed by atoms with E-state index in [1.165, 1.54) is 23.6 Å². The van der Waals surface area contributed by atoms with Gasteiger partial charge in [-0.1, -0.05) is 36.4 Å². The Morgan fingerprint density at radius 2 is 1.26 bits per heavy atom. The predicted octanol–water partition coefficient (Wildman–Crippen LogP) is 5.07. The van der Waals surface area contributed by atoms with E-state index in [1.54, 1.807) is 14.2 Å². The molecule has 178 valence electrons. The number of hydrogen-bond acceptors (Lipinski definition) is 5. The van der Waals surface area contributed by atoms with E-state index in [0.29, 0.717) is 0 Å². The largest absolute Gasteiger partial charge is 0.497 e. The zero-order valence-electron chi connectivity index (χ0n) is 20.2. The first-order valence-corrected chi connectivity index (χ1v) is 11.7. The van der Waals surface area contributed by atoms with E-state index in [9.17, 15) is 4.79 Å². The summed E-state index contributed by atoms with van der Waals surface area (Å²) >= 11 is 0. The average Bonchev–Trinajstić information content (AvgIpc) is 2.85. The van der Waals surface area contributed by atoms with Crippen LogP contribution in [0.15, 0.2) is 72.8 Å². The van der Waals surface area contributed by atoms with Crippen LogP contribution in [0.1, 0.15) is 36.2 Å². The molecule has 4 rings (SSSR count). The number of anilines is 1. The number of carbonyl (C=O) groups is 1. The van der Waals surface area contributed by atoms with Crippen LogP contribution in [-0.2, 0) is 17.9 Å². The molecule has 1 aliphatic rings. The highest BCUT2D eigenvalue weighted by Crippen LogP contribution is 2.33. The zero-order chi connectivity index (χ0) is 23.9. The fourth-order valence-electron chi connectivity index (χ4n) is 4.58.